The molecule has 5 nitrogen and oxygen atoms in total. The summed E-state index contributed by atoms with van der Waals surface area (Å²) in [5.41, 5.74) is 3.42. The molecule has 3 rings (SSSR count). The van der Waals surface area contributed by atoms with Gasteiger partial charge in [-0.2, -0.15) is 5.26 Å². The number of hydrogen-bond donors (Lipinski definition) is 1. The third-order valence-corrected chi connectivity index (χ3v) is 4.27. The van der Waals surface area contributed by atoms with E-state index in [-0.39, 0.29) is 12.1 Å². The Morgan fingerprint density at radius 3 is 2.45 bits per heavy atom. The van der Waals surface area contributed by atoms with Gasteiger partial charge in [-0.05, 0) is 74.9 Å². The zero-order chi connectivity index (χ0) is 20.6. The Hall–Kier alpha value is -3.52. The van der Waals surface area contributed by atoms with Crippen molar-refractivity contribution in [3.05, 3.63) is 83.7 Å². The molecule has 0 aliphatic carbocycles. The number of hydrogen-bond acceptors (Lipinski definition) is 5. The molecule has 148 valence electrons. The molecule has 1 heterocycles. The number of nitrogens with zero attached hydrogens (tertiary/aromatic N) is 2. The number of nitrogens with one attached hydrogen (secondary N) is 1. The highest BCUT2D eigenvalue weighted by Crippen LogP contribution is 2.34. The first kappa shape index (κ1) is 20.2. The molecular weight excluding hydrogens is 362 g/mol. The van der Waals surface area contributed by atoms with Crippen molar-refractivity contribution in [2.45, 2.75) is 32.9 Å². The number of rotatable bonds is 8. The summed E-state index contributed by atoms with van der Waals surface area (Å²) in [6.07, 6.45) is 1.84. The maximum atomic E-state index is 9.03. The lowest BCUT2D eigenvalue weighted by Crippen LogP contribution is -2.14. The van der Waals surface area contributed by atoms with Crippen LogP contribution in [-0.2, 0) is 0 Å². The Morgan fingerprint density at radius 1 is 1.03 bits per heavy atom. The van der Waals surface area contributed by atoms with E-state index < -0.39 is 0 Å². The van der Waals surface area contributed by atoms with Crippen molar-refractivity contribution in [3.8, 4) is 17.6 Å². The molecule has 0 radical (unpaired) electrons. The third-order valence-electron chi connectivity index (χ3n) is 4.27. The van der Waals surface area contributed by atoms with E-state index in [1.807, 2.05) is 69.3 Å². The van der Waals surface area contributed by atoms with Crippen LogP contribution in [0.5, 0.6) is 11.5 Å². The van der Waals surface area contributed by atoms with Gasteiger partial charge in [0.15, 0.2) is 11.5 Å². The minimum atomic E-state index is -0.184. The Bertz CT molecular complexity index is 964. The molecule has 0 aliphatic heterocycles. The Morgan fingerprint density at radius 2 is 1.83 bits per heavy atom. The zero-order valence-electron chi connectivity index (χ0n) is 16.9. The second-order valence-electron chi connectivity index (χ2n) is 6.83. The molecule has 0 saturated heterocycles. The lowest BCUT2D eigenvalue weighted by atomic mass is 10.0. The number of nitriles is 1. The minimum Gasteiger partial charge on any atom is -0.490 e. The number of benzene rings is 2. The fourth-order valence-electron chi connectivity index (χ4n) is 3.01. The number of anilines is 1. The van der Waals surface area contributed by atoms with Crippen molar-refractivity contribution in [2.24, 2.45) is 0 Å². The second kappa shape index (κ2) is 9.61. The van der Waals surface area contributed by atoms with E-state index in [0.717, 1.165) is 22.7 Å². The van der Waals surface area contributed by atoms with Crippen molar-refractivity contribution < 1.29 is 9.47 Å². The van der Waals surface area contributed by atoms with E-state index in [0.29, 0.717) is 17.9 Å². The SMILES string of the molecule is CCOc1cc(C(Nc2ccc(C#N)cc2)c2ccccn2)ccc1OC(C)C. The maximum Gasteiger partial charge on any atom is 0.161 e. The molecule has 0 spiro atoms. The normalized spacial score (nSPS) is 11.6. The maximum absolute atomic E-state index is 9.03. The lowest BCUT2D eigenvalue weighted by molar-refractivity contribution is 0.223. The van der Waals surface area contributed by atoms with Gasteiger partial charge < -0.3 is 14.8 Å². The van der Waals surface area contributed by atoms with Gasteiger partial charge >= 0.3 is 0 Å². The van der Waals surface area contributed by atoms with E-state index >= 15 is 0 Å². The summed E-state index contributed by atoms with van der Waals surface area (Å²) in [4.78, 5) is 4.54. The lowest BCUT2D eigenvalue weighted by Gasteiger charge is -2.22. The summed E-state index contributed by atoms with van der Waals surface area (Å²) >= 11 is 0. The molecule has 1 N–H and O–H groups in total. The molecular formula is C24H25N3O2. The van der Waals surface area contributed by atoms with Crippen LogP contribution < -0.4 is 14.8 Å². The van der Waals surface area contributed by atoms with Crippen LogP contribution >= 0.6 is 0 Å². The van der Waals surface area contributed by atoms with Gasteiger partial charge in [-0.25, -0.2) is 0 Å². The summed E-state index contributed by atoms with van der Waals surface area (Å²) in [5, 5.41) is 12.6. The first-order valence-corrected chi connectivity index (χ1v) is 9.71. The van der Waals surface area contributed by atoms with Crippen LogP contribution in [0.2, 0.25) is 0 Å². The highest BCUT2D eigenvalue weighted by Gasteiger charge is 2.18. The summed E-state index contributed by atoms with van der Waals surface area (Å²) in [6, 6.07) is 21.2. The van der Waals surface area contributed by atoms with Crippen LogP contribution in [0.4, 0.5) is 5.69 Å². The van der Waals surface area contributed by atoms with Crippen molar-refractivity contribution in [2.75, 3.05) is 11.9 Å². The van der Waals surface area contributed by atoms with Gasteiger partial charge in [0.1, 0.15) is 0 Å². The van der Waals surface area contributed by atoms with Gasteiger partial charge in [0, 0.05) is 11.9 Å². The van der Waals surface area contributed by atoms with Gasteiger partial charge in [0.2, 0.25) is 0 Å². The Balaban J connectivity index is 1.99. The molecule has 0 fully saturated rings. The van der Waals surface area contributed by atoms with Crippen LogP contribution in [0.15, 0.2) is 66.9 Å². The first-order valence-electron chi connectivity index (χ1n) is 9.71. The van der Waals surface area contributed by atoms with E-state index in [4.69, 9.17) is 14.7 Å². The van der Waals surface area contributed by atoms with Crippen LogP contribution in [0, 0.1) is 11.3 Å². The number of ether oxygens (including phenoxy) is 2. The summed E-state index contributed by atoms with van der Waals surface area (Å²) in [5.74, 6) is 1.44. The molecule has 2 aromatic carbocycles. The van der Waals surface area contributed by atoms with Gasteiger partial charge in [-0.15, -0.1) is 0 Å². The van der Waals surface area contributed by atoms with Crippen LogP contribution in [-0.4, -0.2) is 17.7 Å². The van der Waals surface area contributed by atoms with Crippen molar-refractivity contribution in [1.82, 2.24) is 4.98 Å². The Labute approximate surface area is 171 Å². The fourth-order valence-corrected chi connectivity index (χ4v) is 3.01. The highest BCUT2D eigenvalue weighted by atomic mass is 16.5. The van der Waals surface area contributed by atoms with Gasteiger partial charge in [0.05, 0.1) is 36.1 Å². The monoisotopic (exact) mass is 387 g/mol. The minimum absolute atomic E-state index is 0.0587. The molecule has 0 bridgehead atoms. The molecule has 0 saturated carbocycles. The van der Waals surface area contributed by atoms with Gasteiger partial charge in [0.25, 0.3) is 0 Å². The summed E-state index contributed by atoms with van der Waals surface area (Å²) in [6.45, 7) is 6.49. The van der Waals surface area contributed by atoms with Crippen molar-refractivity contribution in [1.29, 1.82) is 5.26 Å². The molecule has 1 unspecified atom stereocenters. The fraction of sp³-hybridized carbons (Fsp3) is 0.250. The van der Waals surface area contributed by atoms with Crippen LogP contribution in [0.1, 0.15) is 43.6 Å². The second-order valence-corrected chi connectivity index (χ2v) is 6.83. The molecule has 29 heavy (non-hydrogen) atoms. The predicted octanol–water partition coefficient (Wildman–Crippen LogP) is 5.34. The third kappa shape index (κ3) is 5.26. The smallest absolute Gasteiger partial charge is 0.161 e. The largest absolute Gasteiger partial charge is 0.490 e. The van der Waals surface area contributed by atoms with Crippen LogP contribution in [0.25, 0.3) is 0 Å². The first-order chi connectivity index (χ1) is 14.1. The highest BCUT2D eigenvalue weighted by molar-refractivity contribution is 5.53. The quantitative estimate of drug-likeness (QED) is 0.565. The standard InChI is InChI=1S/C24H25N3O2/c1-4-28-23-15-19(10-13-22(23)29-17(2)3)24(21-7-5-6-14-26-21)27-20-11-8-18(16-25)9-12-20/h5-15,17,24,27H,4H2,1-3H3. The molecule has 1 atom stereocenters. The van der Waals surface area contributed by atoms with E-state index in [2.05, 4.69) is 16.4 Å². The summed E-state index contributed by atoms with van der Waals surface area (Å²) < 4.78 is 11.7. The molecule has 3 aromatic rings. The van der Waals surface area contributed by atoms with E-state index in [9.17, 15) is 0 Å². The number of pyridine rings is 1. The van der Waals surface area contributed by atoms with Crippen molar-refractivity contribution in [3.63, 3.8) is 0 Å². The van der Waals surface area contributed by atoms with E-state index in [1.54, 1.807) is 18.3 Å². The predicted molar refractivity (Wildman–Crippen MR) is 114 cm³/mol. The molecule has 1 aromatic heterocycles. The molecule has 0 amide bonds. The summed E-state index contributed by atoms with van der Waals surface area (Å²) in [7, 11) is 0. The van der Waals surface area contributed by atoms with Gasteiger partial charge in [-0.3, -0.25) is 4.98 Å². The Kier molecular flexibility index (Phi) is 6.70. The van der Waals surface area contributed by atoms with Crippen LogP contribution in [0.3, 0.4) is 0 Å². The molecule has 0 aliphatic rings. The van der Waals surface area contributed by atoms with Gasteiger partial charge in [-0.1, -0.05) is 12.1 Å². The van der Waals surface area contributed by atoms with E-state index in [1.165, 1.54) is 0 Å². The average Bonchev–Trinajstić information content (AvgIpc) is 2.74. The average molecular weight is 387 g/mol. The number of aromatic nitrogens is 1. The topological polar surface area (TPSA) is 67.2 Å². The molecule has 5 heteroatoms. The van der Waals surface area contributed by atoms with Crippen molar-refractivity contribution >= 4 is 5.69 Å². The zero-order valence-corrected chi connectivity index (χ0v) is 16.9.